The summed E-state index contributed by atoms with van der Waals surface area (Å²) < 4.78 is 34.5. The Morgan fingerprint density at radius 1 is 1.11 bits per heavy atom. The lowest BCUT2D eigenvalue weighted by molar-refractivity contribution is 0.0999. The second-order valence-electron chi connectivity index (χ2n) is 9.49. The molecule has 2 aromatic carbocycles. The van der Waals surface area contributed by atoms with E-state index in [0.29, 0.717) is 39.6 Å². The highest BCUT2D eigenvalue weighted by atomic mass is 32.2. The topological polar surface area (TPSA) is 104 Å². The van der Waals surface area contributed by atoms with Gasteiger partial charge in [-0.1, -0.05) is 12.1 Å². The molecule has 0 radical (unpaired) electrons. The number of hydrogen-bond donors (Lipinski definition) is 2. The van der Waals surface area contributed by atoms with Crippen LogP contribution in [0, 0.1) is 5.92 Å². The molecule has 1 aromatic heterocycles. The minimum atomic E-state index is -3.97. The third kappa shape index (κ3) is 4.46. The molecule has 10 heteroatoms. The highest BCUT2D eigenvalue weighted by Gasteiger charge is 2.31. The van der Waals surface area contributed by atoms with Crippen LogP contribution in [0.1, 0.15) is 29.6 Å². The number of piperidine rings is 1. The summed E-state index contributed by atoms with van der Waals surface area (Å²) in [4.78, 5) is 21.7. The van der Waals surface area contributed by atoms with E-state index in [1.165, 1.54) is 26.0 Å². The summed E-state index contributed by atoms with van der Waals surface area (Å²) in [5, 5.41) is 4.02. The summed E-state index contributed by atoms with van der Waals surface area (Å²) in [7, 11) is 1.33. The van der Waals surface area contributed by atoms with Crippen LogP contribution in [-0.2, 0) is 10.0 Å². The monoisotopic (exact) mass is 509 g/mol. The normalized spacial score (nSPS) is 16.5. The van der Waals surface area contributed by atoms with Gasteiger partial charge in [0.1, 0.15) is 16.5 Å². The number of carbonyl (C=O) groups is 1. The van der Waals surface area contributed by atoms with Crippen LogP contribution < -0.4 is 19.7 Å². The lowest BCUT2D eigenvalue weighted by Crippen LogP contribution is -2.30. The zero-order chi connectivity index (χ0) is 25.4. The average molecular weight is 510 g/mol. The van der Waals surface area contributed by atoms with Crippen LogP contribution in [0.4, 0.5) is 17.2 Å². The third-order valence-corrected chi connectivity index (χ3v) is 8.54. The molecule has 1 saturated heterocycles. The van der Waals surface area contributed by atoms with Gasteiger partial charge in [-0.25, -0.2) is 13.4 Å². The van der Waals surface area contributed by atoms with E-state index in [2.05, 4.69) is 22.0 Å². The second-order valence-corrected chi connectivity index (χ2v) is 11.1. The van der Waals surface area contributed by atoms with Gasteiger partial charge >= 0.3 is 0 Å². The summed E-state index contributed by atoms with van der Waals surface area (Å²) in [5.74, 6) is 1.33. The van der Waals surface area contributed by atoms with Crippen molar-refractivity contribution in [1.82, 2.24) is 9.88 Å². The molecule has 3 aromatic rings. The average Bonchev–Trinajstić information content (AvgIpc) is 3.12. The Balaban J connectivity index is 1.47. The molecule has 36 heavy (non-hydrogen) atoms. The fourth-order valence-electron chi connectivity index (χ4n) is 5.03. The first kappa shape index (κ1) is 24.3. The zero-order valence-electron chi connectivity index (χ0n) is 20.7. The molecule has 0 unspecified atom stereocenters. The van der Waals surface area contributed by atoms with Crippen LogP contribution in [0.25, 0.3) is 10.9 Å². The largest absolute Gasteiger partial charge is 0.495 e. The highest BCUT2D eigenvalue weighted by Crippen LogP contribution is 2.41. The number of methoxy groups -OCH3 is 1. The number of para-hydroxylation sites is 1. The number of nitrogens with zero attached hydrogens (tertiary/aromatic N) is 3. The molecule has 2 aliphatic heterocycles. The molecule has 9 nitrogen and oxygen atoms in total. The van der Waals surface area contributed by atoms with Gasteiger partial charge in [-0.05, 0) is 75.6 Å². The first-order valence-corrected chi connectivity index (χ1v) is 13.6. The second kappa shape index (κ2) is 9.59. The van der Waals surface area contributed by atoms with Crippen LogP contribution in [0.3, 0.4) is 0 Å². The smallest absolute Gasteiger partial charge is 0.265 e. The summed E-state index contributed by atoms with van der Waals surface area (Å²) in [5.41, 5.74) is 1.96. The molecule has 1 amide bonds. The number of hydrogen-bond acceptors (Lipinski definition) is 7. The van der Waals surface area contributed by atoms with Crippen molar-refractivity contribution in [2.24, 2.45) is 5.92 Å². The predicted molar refractivity (Wildman–Crippen MR) is 142 cm³/mol. The van der Waals surface area contributed by atoms with Crippen LogP contribution in [0.5, 0.6) is 5.75 Å². The Hall–Kier alpha value is -3.37. The highest BCUT2D eigenvalue weighted by molar-refractivity contribution is 7.92. The van der Waals surface area contributed by atoms with Crippen molar-refractivity contribution in [3.8, 4) is 5.75 Å². The molecule has 0 aliphatic carbocycles. The van der Waals surface area contributed by atoms with Crippen LogP contribution >= 0.6 is 0 Å². The summed E-state index contributed by atoms with van der Waals surface area (Å²) in [6.07, 6.45) is 3.37. The Kier molecular flexibility index (Phi) is 6.48. The predicted octanol–water partition coefficient (Wildman–Crippen LogP) is 3.78. The van der Waals surface area contributed by atoms with Crippen molar-refractivity contribution in [2.45, 2.75) is 24.2 Å². The van der Waals surface area contributed by atoms with Crippen molar-refractivity contribution in [2.75, 3.05) is 55.8 Å². The van der Waals surface area contributed by atoms with E-state index >= 15 is 0 Å². The van der Waals surface area contributed by atoms with E-state index in [-0.39, 0.29) is 16.6 Å². The molecule has 3 heterocycles. The Morgan fingerprint density at radius 3 is 2.61 bits per heavy atom. The van der Waals surface area contributed by atoms with Crippen molar-refractivity contribution in [3.05, 3.63) is 48.0 Å². The van der Waals surface area contributed by atoms with E-state index in [9.17, 15) is 13.2 Å². The summed E-state index contributed by atoms with van der Waals surface area (Å²) >= 11 is 0. The van der Waals surface area contributed by atoms with E-state index < -0.39 is 10.0 Å². The number of sulfonamides is 1. The Morgan fingerprint density at radius 2 is 1.86 bits per heavy atom. The number of amides is 1. The lowest BCUT2D eigenvalue weighted by atomic mass is 9.94. The number of nitrogens with one attached hydrogen (secondary N) is 2. The zero-order valence-corrected chi connectivity index (χ0v) is 21.6. The SMILES string of the molecule is COc1ccccc1S(=O)(=O)Nc1ccc2c3c(cc(NCCC4CCN(C)CC4)nc13)C(=O)N2C. The molecule has 0 spiro atoms. The maximum absolute atomic E-state index is 13.3. The maximum atomic E-state index is 13.3. The molecule has 5 rings (SSSR count). The van der Waals surface area contributed by atoms with Crippen LogP contribution in [-0.4, -0.2) is 65.0 Å². The quantitative estimate of drug-likeness (QED) is 0.476. The van der Waals surface area contributed by atoms with Gasteiger partial charge in [0.15, 0.2) is 0 Å². The molecular weight excluding hydrogens is 478 g/mol. The maximum Gasteiger partial charge on any atom is 0.265 e. The first-order valence-electron chi connectivity index (χ1n) is 12.1. The third-order valence-electron chi connectivity index (χ3n) is 7.13. The first-order chi connectivity index (χ1) is 17.3. The number of carbonyl (C=O) groups excluding carboxylic acids is 1. The molecular formula is C26H31N5O4S. The van der Waals surface area contributed by atoms with Gasteiger partial charge in [-0.2, -0.15) is 0 Å². The van der Waals surface area contributed by atoms with Gasteiger partial charge in [-0.15, -0.1) is 0 Å². The molecule has 0 saturated carbocycles. The number of pyridine rings is 1. The van der Waals surface area contributed by atoms with Crippen LogP contribution in [0.2, 0.25) is 0 Å². The van der Waals surface area contributed by atoms with Gasteiger partial charge in [0.2, 0.25) is 0 Å². The van der Waals surface area contributed by atoms with E-state index in [1.807, 2.05) is 0 Å². The van der Waals surface area contributed by atoms with E-state index in [1.54, 1.807) is 48.3 Å². The fourth-order valence-corrected chi connectivity index (χ4v) is 6.27. The molecule has 0 atom stereocenters. The van der Waals surface area contributed by atoms with E-state index in [4.69, 9.17) is 9.72 Å². The number of likely N-dealkylation sites (tertiary alicyclic amines) is 1. The van der Waals surface area contributed by atoms with Crippen LogP contribution in [0.15, 0.2) is 47.4 Å². The number of ether oxygens (including phenoxy) is 1. The number of benzene rings is 2. The number of rotatable bonds is 8. The lowest BCUT2D eigenvalue weighted by Gasteiger charge is -2.28. The van der Waals surface area contributed by atoms with Crippen molar-refractivity contribution in [1.29, 1.82) is 0 Å². The van der Waals surface area contributed by atoms with Gasteiger partial charge in [0.05, 0.1) is 29.6 Å². The summed E-state index contributed by atoms with van der Waals surface area (Å²) in [6.45, 7) is 2.96. The molecule has 2 aliphatic rings. The number of anilines is 3. The Labute approximate surface area is 211 Å². The molecule has 0 bridgehead atoms. The molecule has 2 N–H and O–H groups in total. The van der Waals surface area contributed by atoms with Gasteiger partial charge in [0, 0.05) is 19.0 Å². The van der Waals surface area contributed by atoms with Gasteiger partial charge in [-0.3, -0.25) is 9.52 Å². The van der Waals surface area contributed by atoms with Crippen molar-refractivity contribution in [3.63, 3.8) is 0 Å². The van der Waals surface area contributed by atoms with Gasteiger partial charge in [0.25, 0.3) is 15.9 Å². The van der Waals surface area contributed by atoms with E-state index in [0.717, 1.165) is 26.1 Å². The van der Waals surface area contributed by atoms with Crippen molar-refractivity contribution >= 4 is 44.0 Å². The molecule has 190 valence electrons. The minimum Gasteiger partial charge on any atom is -0.495 e. The fraction of sp³-hybridized carbons (Fsp3) is 0.385. The van der Waals surface area contributed by atoms with Crippen molar-refractivity contribution < 1.29 is 17.9 Å². The number of aromatic nitrogens is 1. The standard InChI is InChI=1S/C26H31N5O4S/c1-30-14-11-17(12-15-30)10-13-27-23-16-18-24-20(31(2)26(18)32)9-8-19(25(24)28-23)29-36(33,34)22-7-5-4-6-21(22)35-3/h4-9,16-17,29H,10-15H2,1-3H3,(H,27,28). The van der Waals surface area contributed by atoms with Gasteiger partial charge < -0.3 is 19.9 Å². The molecule has 1 fully saturated rings. The minimum absolute atomic E-state index is 0.0282. The Bertz CT molecular complexity index is 1420. The summed E-state index contributed by atoms with van der Waals surface area (Å²) in [6, 6.07) is 11.6.